The minimum absolute atomic E-state index is 0.117. The first-order valence-electron chi connectivity index (χ1n) is 11.1. The number of carbonyl (C=O) groups excluding carboxylic acids is 2. The second-order valence-electron chi connectivity index (χ2n) is 7.51. The molecule has 1 amide bonds. The molecule has 0 saturated heterocycles. The van der Waals surface area contributed by atoms with E-state index < -0.39 is 5.97 Å². The number of ether oxygens (including phenoxy) is 1. The van der Waals surface area contributed by atoms with Crippen LogP contribution in [0.3, 0.4) is 0 Å². The zero-order valence-electron chi connectivity index (χ0n) is 18.6. The molecule has 0 spiro atoms. The molecule has 0 saturated carbocycles. The van der Waals surface area contributed by atoms with Crippen LogP contribution in [0.5, 0.6) is 5.75 Å². The molecule has 2 rings (SSSR count). The number of nitrogens with one attached hydrogen (secondary N) is 1. The van der Waals surface area contributed by atoms with Gasteiger partial charge in [0.1, 0.15) is 5.75 Å². The molecule has 0 aliphatic rings. The fourth-order valence-corrected chi connectivity index (χ4v) is 3.44. The van der Waals surface area contributed by atoms with Crippen LogP contribution in [-0.2, 0) is 9.59 Å². The van der Waals surface area contributed by atoms with E-state index in [1.54, 1.807) is 24.3 Å². The fraction of sp³-hybridized carbons (Fsp3) is 0.346. The van der Waals surface area contributed by atoms with Crippen molar-refractivity contribution in [2.45, 2.75) is 58.3 Å². The van der Waals surface area contributed by atoms with Gasteiger partial charge in [-0.2, -0.15) is 5.10 Å². The third-order valence-corrected chi connectivity index (χ3v) is 5.29. The first kappa shape index (κ1) is 25.5. The third kappa shape index (κ3) is 10.5. The topological polar surface area (TPSA) is 67.8 Å². The Labute approximate surface area is 199 Å². The van der Waals surface area contributed by atoms with Gasteiger partial charge in [0.15, 0.2) is 0 Å². The highest BCUT2D eigenvalue weighted by Crippen LogP contribution is 2.22. The number of carbonyl (C=O) groups is 2. The van der Waals surface area contributed by atoms with E-state index in [0.717, 1.165) is 22.9 Å². The standard InChI is InChI=1S/C26H31BrN2O3/c1-2-3-4-5-6-7-11-14-25(30)29-28-20-22-19-23(27)16-17-24(22)32-26(31)18-15-21-12-9-8-10-13-21/h8-10,12-13,15-20H,2-7,11,14H2,1H3,(H,29,30)/b18-15+,28-20-. The average Bonchev–Trinajstić information content (AvgIpc) is 2.79. The maximum Gasteiger partial charge on any atom is 0.336 e. The van der Waals surface area contributed by atoms with Crippen LogP contribution in [0.4, 0.5) is 0 Å². The summed E-state index contributed by atoms with van der Waals surface area (Å²) in [4.78, 5) is 24.2. The molecule has 0 heterocycles. The van der Waals surface area contributed by atoms with Gasteiger partial charge in [0, 0.05) is 22.5 Å². The number of unbranched alkanes of at least 4 members (excludes halogenated alkanes) is 6. The molecule has 0 aliphatic heterocycles. The molecule has 1 N–H and O–H groups in total. The SMILES string of the molecule is CCCCCCCCCC(=O)N/N=C\c1cc(Br)ccc1OC(=O)/C=C/c1ccccc1. The zero-order chi connectivity index (χ0) is 23.0. The summed E-state index contributed by atoms with van der Waals surface area (Å²) in [5.74, 6) is -0.246. The lowest BCUT2D eigenvalue weighted by molar-refractivity contribution is -0.129. The van der Waals surface area contributed by atoms with E-state index in [1.807, 2.05) is 30.3 Å². The van der Waals surface area contributed by atoms with Crippen molar-refractivity contribution in [1.29, 1.82) is 0 Å². The van der Waals surface area contributed by atoms with Crippen LogP contribution in [-0.4, -0.2) is 18.1 Å². The van der Waals surface area contributed by atoms with Crippen molar-refractivity contribution in [2.24, 2.45) is 5.10 Å². The Hall–Kier alpha value is -2.73. The largest absolute Gasteiger partial charge is 0.423 e. The lowest BCUT2D eigenvalue weighted by atomic mass is 10.1. The highest BCUT2D eigenvalue weighted by atomic mass is 79.9. The summed E-state index contributed by atoms with van der Waals surface area (Å²) in [6.45, 7) is 2.20. The molecular weight excluding hydrogens is 468 g/mol. The molecule has 5 nitrogen and oxygen atoms in total. The van der Waals surface area contributed by atoms with E-state index >= 15 is 0 Å². The summed E-state index contributed by atoms with van der Waals surface area (Å²) < 4.78 is 6.26. The molecular formula is C26H31BrN2O3. The first-order valence-corrected chi connectivity index (χ1v) is 11.9. The molecule has 0 unspecified atom stereocenters. The van der Waals surface area contributed by atoms with Crippen molar-refractivity contribution in [2.75, 3.05) is 0 Å². The molecule has 0 fully saturated rings. The smallest absolute Gasteiger partial charge is 0.336 e. The van der Waals surface area contributed by atoms with Crippen LogP contribution in [0.2, 0.25) is 0 Å². The van der Waals surface area contributed by atoms with Crippen LogP contribution in [0.25, 0.3) is 6.08 Å². The Morgan fingerprint density at radius 2 is 1.72 bits per heavy atom. The Kier molecular flexibility index (Phi) is 12.1. The van der Waals surface area contributed by atoms with Crippen LogP contribution in [0.15, 0.2) is 64.2 Å². The highest BCUT2D eigenvalue weighted by Gasteiger charge is 2.07. The molecule has 0 radical (unpaired) electrons. The van der Waals surface area contributed by atoms with Crippen molar-refractivity contribution in [3.05, 3.63) is 70.2 Å². The van der Waals surface area contributed by atoms with E-state index in [0.29, 0.717) is 17.7 Å². The zero-order valence-corrected chi connectivity index (χ0v) is 20.1. The predicted octanol–water partition coefficient (Wildman–Crippen LogP) is 6.66. The Morgan fingerprint density at radius 1 is 1.00 bits per heavy atom. The monoisotopic (exact) mass is 498 g/mol. The fourth-order valence-electron chi connectivity index (χ4n) is 3.06. The summed E-state index contributed by atoms with van der Waals surface area (Å²) in [6, 6.07) is 14.7. The molecule has 2 aromatic carbocycles. The van der Waals surface area contributed by atoms with Crippen LogP contribution >= 0.6 is 15.9 Å². The Balaban J connectivity index is 1.83. The van der Waals surface area contributed by atoms with Crippen molar-refractivity contribution < 1.29 is 14.3 Å². The van der Waals surface area contributed by atoms with E-state index in [1.165, 1.54) is 44.4 Å². The van der Waals surface area contributed by atoms with Crippen LogP contribution in [0.1, 0.15) is 69.4 Å². The predicted molar refractivity (Wildman–Crippen MR) is 134 cm³/mol. The number of benzene rings is 2. The van der Waals surface area contributed by atoms with E-state index in [4.69, 9.17) is 4.74 Å². The highest BCUT2D eigenvalue weighted by molar-refractivity contribution is 9.10. The molecule has 32 heavy (non-hydrogen) atoms. The third-order valence-electron chi connectivity index (χ3n) is 4.79. The number of rotatable bonds is 13. The van der Waals surface area contributed by atoms with Gasteiger partial charge in [-0.1, -0.05) is 91.7 Å². The molecule has 170 valence electrons. The molecule has 0 aliphatic carbocycles. The Morgan fingerprint density at radius 3 is 2.47 bits per heavy atom. The molecule has 0 atom stereocenters. The van der Waals surface area contributed by atoms with Crippen molar-refractivity contribution >= 4 is 40.1 Å². The van der Waals surface area contributed by atoms with E-state index in [9.17, 15) is 9.59 Å². The summed E-state index contributed by atoms with van der Waals surface area (Å²) in [6.07, 6.45) is 13.1. The molecule has 0 bridgehead atoms. The summed E-state index contributed by atoms with van der Waals surface area (Å²) in [5.41, 5.74) is 4.04. The number of hydrogen-bond acceptors (Lipinski definition) is 4. The Bertz CT molecular complexity index is 911. The van der Waals surface area contributed by atoms with Gasteiger partial charge < -0.3 is 4.74 Å². The van der Waals surface area contributed by atoms with Crippen LogP contribution in [0, 0.1) is 0 Å². The van der Waals surface area contributed by atoms with Gasteiger partial charge in [-0.05, 0) is 36.3 Å². The average molecular weight is 499 g/mol. The summed E-state index contributed by atoms with van der Waals surface area (Å²) >= 11 is 3.41. The van der Waals surface area contributed by atoms with Crippen molar-refractivity contribution in [3.8, 4) is 5.75 Å². The molecule has 0 aromatic heterocycles. The number of nitrogens with zero attached hydrogens (tertiary/aromatic N) is 1. The number of esters is 1. The van der Waals surface area contributed by atoms with Gasteiger partial charge in [0.25, 0.3) is 0 Å². The van der Waals surface area contributed by atoms with Gasteiger partial charge >= 0.3 is 5.97 Å². The van der Waals surface area contributed by atoms with Gasteiger partial charge in [-0.3, -0.25) is 4.79 Å². The van der Waals surface area contributed by atoms with Gasteiger partial charge in [-0.25, -0.2) is 10.2 Å². The summed E-state index contributed by atoms with van der Waals surface area (Å²) in [5, 5.41) is 4.03. The maximum absolute atomic E-state index is 12.2. The second kappa shape index (κ2) is 15.1. The van der Waals surface area contributed by atoms with Crippen molar-refractivity contribution in [1.82, 2.24) is 5.43 Å². The van der Waals surface area contributed by atoms with Gasteiger partial charge in [0.2, 0.25) is 5.91 Å². The number of amides is 1. The first-order chi connectivity index (χ1) is 15.6. The lowest BCUT2D eigenvalue weighted by Gasteiger charge is -2.06. The van der Waals surface area contributed by atoms with E-state index in [-0.39, 0.29) is 5.91 Å². The number of hydrogen-bond donors (Lipinski definition) is 1. The minimum atomic E-state index is -0.492. The normalized spacial score (nSPS) is 11.2. The van der Waals surface area contributed by atoms with Crippen LogP contribution < -0.4 is 10.2 Å². The molecule has 2 aromatic rings. The number of halogens is 1. The summed E-state index contributed by atoms with van der Waals surface area (Å²) in [7, 11) is 0. The lowest BCUT2D eigenvalue weighted by Crippen LogP contribution is -2.17. The van der Waals surface area contributed by atoms with Gasteiger partial charge in [0.05, 0.1) is 6.21 Å². The molecule has 6 heteroatoms. The quantitative estimate of drug-likeness (QED) is 0.0837. The van der Waals surface area contributed by atoms with Gasteiger partial charge in [-0.15, -0.1) is 0 Å². The van der Waals surface area contributed by atoms with Crippen molar-refractivity contribution in [3.63, 3.8) is 0 Å². The maximum atomic E-state index is 12.2. The second-order valence-corrected chi connectivity index (χ2v) is 8.43. The number of hydrazone groups is 1. The minimum Gasteiger partial charge on any atom is -0.423 e. The van der Waals surface area contributed by atoms with E-state index in [2.05, 4.69) is 33.4 Å².